The van der Waals surface area contributed by atoms with E-state index in [0.29, 0.717) is 21.3 Å². The van der Waals surface area contributed by atoms with Crippen molar-refractivity contribution in [2.45, 2.75) is 16.8 Å². The summed E-state index contributed by atoms with van der Waals surface area (Å²) in [5.41, 5.74) is 6.95. The molecule has 0 saturated carbocycles. The lowest BCUT2D eigenvalue weighted by molar-refractivity contribution is 0.318. The van der Waals surface area contributed by atoms with E-state index in [1.54, 1.807) is 36.9 Å². The molecule has 2 aromatic rings. The molecule has 1 heterocycles. The standard InChI is InChI=1S/C12H12Cl2N4OS/c1-6-10(11(15)17-19)12(18(2)16-6)20-9-5-7(13)3-4-8(9)14/h3-5,19H,1-2H3,(H2,15,17). The fourth-order valence-electron chi connectivity index (χ4n) is 1.76. The Morgan fingerprint density at radius 3 is 2.80 bits per heavy atom. The van der Waals surface area contributed by atoms with E-state index in [9.17, 15) is 0 Å². The van der Waals surface area contributed by atoms with Gasteiger partial charge < -0.3 is 10.9 Å². The summed E-state index contributed by atoms with van der Waals surface area (Å²) in [6.07, 6.45) is 0. The van der Waals surface area contributed by atoms with E-state index in [1.165, 1.54) is 11.8 Å². The van der Waals surface area contributed by atoms with Crippen molar-refractivity contribution in [2.24, 2.45) is 17.9 Å². The summed E-state index contributed by atoms with van der Waals surface area (Å²) in [4.78, 5) is 0.772. The zero-order valence-corrected chi connectivity index (χ0v) is 13.1. The van der Waals surface area contributed by atoms with E-state index in [0.717, 1.165) is 9.92 Å². The number of hydrogen-bond donors (Lipinski definition) is 2. The molecule has 0 unspecified atom stereocenters. The minimum Gasteiger partial charge on any atom is -0.409 e. The van der Waals surface area contributed by atoms with Crippen molar-refractivity contribution in [1.82, 2.24) is 9.78 Å². The molecule has 0 bridgehead atoms. The Morgan fingerprint density at radius 1 is 1.45 bits per heavy atom. The van der Waals surface area contributed by atoms with Crippen LogP contribution in [0.15, 0.2) is 33.3 Å². The van der Waals surface area contributed by atoms with E-state index in [-0.39, 0.29) is 5.84 Å². The number of benzene rings is 1. The second kappa shape index (κ2) is 5.95. The molecule has 106 valence electrons. The van der Waals surface area contributed by atoms with Gasteiger partial charge in [0.2, 0.25) is 0 Å². The molecular formula is C12H12Cl2N4OS. The van der Waals surface area contributed by atoms with Crippen molar-refractivity contribution in [2.75, 3.05) is 0 Å². The van der Waals surface area contributed by atoms with Gasteiger partial charge in [-0.25, -0.2) is 0 Å². The average Bonchev–Trinajstić information content (AvgIpc) is 2.68. The highest BCUT2D eigenvalue weighted by atomic mass is 35.5. The first-order valence-electron chi connectivity index (χ1n) is 5.58. The normalized spacial score (nSPS) is 11.9. The summed E-state index contributed by atoms with van der Waals surface area (Å²) < 4.78 is 1.66. The van der Waals surface area contributed by atoms with Crippen LogP contribution < -0.4 is 5.73 Å². The Bertz CT molecular complexity index is 684. The summed E-state index contributed by atoms with van der Waals surface area (Å²) in [6, 6.07) is 5.19. The fraction of sp³-hybridized carbons (Fsp3) is 0.167. The van der Waals surface area contributed by atoms with Gasteiger partial charge >= 0.3 is 0 Å². The second-order valence-corrected chi connectivity index (χ2v) is 5.93. The molecule has 0 atom stereocenters. The summed E-state index contributed by atoms with van der Waals surface area (Å²) in [5.74, 6) is 0.0104. The van der Waals surface area contributed by atoms with E-state index in [1.807, 2.05) is 0 Å². The minimum atomic E-state index is 0.0104. The van der Waals surface area contributed by atoms with Crippen molar-refractivity contribution in [3.05, 3.63) is 39.5 Å². The first kappa shape index (κ1) is 15.0. The van der Waals surface area contributed by atoms with Gasteiger partial charge in [-0.2, -0.15) is 5.10 Å². The van der Waals surface area contributed by atoms with Gasteiger partial charge in [-0.15, -0.1) is 0 Å². The molecule has 1 aromatic heterocycles. The Kier molecular flexibility index (Phi) is 4.47. The zero-order chi connectivity index (χ0) is 14.9. The van der Waals surface area contributed by atoms with Gasteiger partial charge in [0.15, 0.2) is 5.84 Å². The molecule has 0 radical (unpaired) electrons. The highest BCUT2D eigenvalue weighted by Crippen LogP contribution is 2.37. The zero-order valence-electron chi connectivity index (χ0n) is 10.8. The lowest BCUT2D eigenvalue weighted by Crippen LogP contribution is -2.14. The molecule has 5 nitrogen and oxygen atoms in total. The van der Waals surface area contributed by atoms with Crippen LogP contribution in [-0.2, 0) is 7.05 Å². The largest absolute Gasteiger partial charge is 0.409 e. The molecule has 0 saturated heterocycles. The van der Waals surface area contributed by atoms with Crippen LogP contribution in [0.2, 0.25) is 10.0 Å². The maximum atomic E-state index is 8.88. The Morgan fingerprint density at radius 2 is 2.15 bits per heavy atom. The van der Waals surface area contributed by atoms with Crippen LogP contribution in [0.4, 0.5) is 0 Å². The first-order valence-corrected chi connectivity index (χ1v) is 7.15. The van der Waals surface area contributed by atoms with E-state index < -0.39 is 0 Å². The monoisotopic (exact) mass is 330 g/mol. The number of nitrogens with zero attached hydrogens (tertiary/aromatic N) is 3. The van der Waals surface area contributed by atoms with Crippen LogP contribution >= 0.6 is 35.0 Å². The lowest BCUT2D eigenvalue weighted by Gasteiger charge is -2.07. The summed E-state index contributed by atoms with van der Waals surface area (Å²) in [7, 11) is 1.78. The van der Waals surface area contributed by atoms with E-state index in [4.69, 9.17) is 34.1 Å². The van der Waals surface area contributed by atoms with Gasteiger partial charge in [-0.05, 0) is 25.1 Å². The van der Waals surface area contributed by atoms with Crippen molar-refractivity contribution in [3.8, 4) is 0 Å². The van der Waals surface area contributed by atoms with Crippen LogP contribution in [-0.4, -0.2) is 20.8 Å². The van der Waals surface area contributed by atoms with Crippen molar-refractivity contribution >= 4 is 40.8 Å². The highest BCUT2D eigenvalue weighted by molar-refractivity contribution is 7.99. The lowest BCUT2D eigenvalue weighted by atomic mass is 10.2. The first-order chi connectivity index (χ1) is 9.43. The van der Waals surface area contributed by atoms with Gasteiger partial charge in [0.05, 0.1) is 16.3 Å². The maximum Gasteiger partial charge on any atom is 0.174 e. The number of halogens is 2. The number of amidine groups is 1. The third-order valence-corrected chi connectivity index (χ3v) is 4.53. The molecule has 0 fully saturated rings. The molecule has 2 rings (SSSR count). The van der Waals surface area contributed by atoms with Gasteiger partial charge in [-0.3, -0.25) is 4.68 Å². The number of aryl methyl sites for hydroxylation is 2. The number of nitrogens with two attached hydrogens (primary N) is 1. The summed E-state index contributed by atoms with van der Waals surface area (Å²) in [5, 5.41) is 18.1. The average molecular weight is 331 g/mol. The fourth-order valence-corrected chi connectivity index (χ4v) is 3.32. The maximum absolute atomic E-state index is 8.88. The van der Waals surface area contributed by atoms with Crippen LogP contribution in [0.1, 0.15) is 11.3 Å². The predicted octanol–water partition coefficient (Wildman–Crippen LogP) is 3.28. The molecule has 0 spiro atoms. The minimum absolute atomic E-state index is 0.0104. The van der Waals surface area contributed by atoms with Gasteiger partial charge in [0.25, 0.3) is 0 Å². The third-order valence-electron chi connectivity index (χ3n) is 2.63. The second-order valence-electron chi connectivity index (χ2n) is 4.05. The van der Waals surface area contributed by atoms with E-state index >= 15 is 0 Å². The van der Waals surface area contributed by atoms with Gasteiger partial charge in [0, 0.05) is 17.0 Å². The number of rotatable bonds is 3. The molecule has 0 aliphatic heterocycles. The summed E-state index contributed by atoms with van der Waals surface area (Å²) in [6.45, 7) is 1.79. The predicted molar refractivity (Wildman–Crippen MR) is 81.0 cm³/mol. The van der Waals surface area contributed by atoms with Crippen molar-refractivity contribution in [1.29, 1.82) is 0 Å². The molecule has 3 N–H and O–H groups in total. The molecule has 20 heavy (non-hydrogen) atoms. The van der Waals surface area contributed by atoms with Crippen LogP contribution in [0, 0.1) is 6.92 Å². The molecule has 8 heteroatoms. The Hall–Kier alpha value is -1.37. The third kappa shape index (κ3) is 2.87. The Labute approximate surface area is 130 Å². The van der Waals surface area contributed by atoms with Crippen molar-refractivity contribution in [3.63, 3.8) is 0 Å². The molecule has 1 aromatic carbocycles. The van der Waals surface area contributed by atoms with E-state index in [2.05, 4.69) is 10.3 Å². The van der Waals surface area contributed by atoms with Crippen molar-refractivity contribution < 1.29 is 5.21 Å². The molecule has 0 aliphatic carbocycles. The van der Waals surface area contributed by atoms with Gasteiger partial charge in [-0.1, -0.05) is 40.1 Å². The number of oxime groups is 1. The van der Waals surface area contributed by atoms with Crippen LogP contribution in [0.3, 0.4) is 0 Å². The quantitative estimate of drug-likeness (QED) is 0.392. The highest BCUT2D eigenvalue weighted by Gasteiger charge is 2.19. The molecule has 0 aliphatic rings. The van der Waals surface area contributed by atoms with Crippen LogP contribution in [0.25, 0.3) is 0 Å². The Balaban J connectivity index is 2.51. The topological polar surface area (TPSA) is 76.4 Å². The molecular weight excluding hydrogens is 319 g/mol. The van der Waals surface area contributed by atoms with Crippen LogP contribution in [0.5, 0.6) is 0 Å². The SMILES string of the molecule is Cc1nn(C)c(Sc2cc(Cl)ccc2Cl)c1C(N)=NO. The number of aromatic nitrogens is 2. The number of hydrogen-bond acceptors (Lipinski definition) is 4. The van der Waals surface area contributed by atoms with Gasteiger partial charge in [0.1, 0.15) is 5.03 Å². The molecule has 0 amide bonds. The smallest absolute Gasteiger partial charge is 0.174 e. The summed E-state index contributed by atoms with van der Waals surface area (Å²) >= 11 is 13.5.